The molecule has 0 N–H and O–H groups in total. The van der Waals surface area contributed by atoms with Gasteiger partial charge in [-0.15, -0.1) is 0 Å². The highest BCUT2D eigenvalue weighted by molar-refractivity contribution is 6.05. The highest BCUT2D eigenvalue weighted by atomic mass is 16.5. The summed E-state index contributed by atoms with van der Waals surface area (Å²) in [7, 11) is 1.32. The lowest BCUT2D eigenvalue weighted by Gasteiger charge is -2.18. The predicted molar refractivity (Wildman–Crippen MR) is 298 cm³/mol. The quantitative estimate of drug-likeness (QED) is 0.112. The fraction of sp³-hybridized carbons (Fsp3) is 0.758. The Hall–Kier alpha value is -5.35. The molecule has 0 aromatic carbocycles. The molecule has 17 heteroatoms. The smallest absolute Gasteiger partial charge is 0.319 e. The highest BCUT2D eigenvalue weighted by Gasteiger charge is 2.46. The number of methoxy groups -OCH3 is 1. The molecule has 17 nitrogen and oxygen atoms in total. The van der Waals surface area contributed by atoms with Crippen LogP contribution in [0.15, 0.2) is 11.6 Å². The Bertz CT molecular complexity index is 2170. The first-order chi connectivity index (χ1) is 36.5. The first-order valence-electron chi connectivity index (χ1n) is 28.4. The maximum atomic E-state index is 11.5. The Morgan fingerprint density at radius 2 is 1.05 bits per heavy atom. The van der Waals surface area contributed by atoms with Crippen LogP contribution in [0, 0.1) is 44.8 Å². The van der Waals surface area contributed by atoms with Crippen molar-refractivity contribution in [2.24, 2.45) is 44.8 Å². The van der Waals surface area contributed by atoms with Crippen LogP contribution < -0.4 is 0 Å². The van der Waals surface area contributed by atoms with Crippen molar-refractivity contribution < 1.29 is 81.3 Å². The van der Waals surface area contributed by atoms with E-state index in [1.165, 1.54) is 26.5 Å². The van der Waals surface area contributed by atoms with Crippen molar-refractivity contribution in [1.82, 2.24) is 0 Å². The van der Waals surface area contributed by atoms with Crippen molar-refractivity contribution in [2.45, 2.75) is 232 Å². The minimum atomic E-state index is -0.837. The van der Waals surface area contributed by atoms with E-state index in [4.69, 9.17) is 14.2 Å². The van der Waals surface area contributed by atoms with E-state index in [1.54, 1.807) is 33.8 Å². The van der Waals surface area contributed by atoms with Gasteiger partial charge in [0.05, 0.1) is 26.9 Å². The average molecular weight is 1120 g/mol. The zero-order chi connectivity index (χ0) is 61.1. The van der Waals surface area contributed by atoms with Crippen molar-refractivity contribution in [3.63, 3.8) is 0 Å². The van der Waals surface area contributed by atoms with E-state index in [0.717, 1.165) is 70.6 Å². The summed E-state index contributed by atoms with van der Waals surface area (Å²) in [5.41, 5.74) is 0.352. The molecule has 448 valence electrons. The van der Waals surface area contributed by atoms with E-state index >= 15 is 0 Å². The summed E-state index contributed by atoms with van der Waals surface area (Å²) in [6.07, 6.45) is 16.5. The summed E-state index contributed by atoms with van der Waals surface area (Å²) in [4.78, 5) is 142. The number of ketones is 9. The van der Waals surface area contributed by atoms with Crippen LogP contribution in [0.25, 0.3) is 0 Å². The summed E-state index contributed by atoms with van der Waals surface area (Å²) in [5.74, 6) is -1.42. The molecule has 7 aliphatic carbocycles. The molecular formula is C62H98O17. The van der Waals surface area contributed by atoms with Crippen LogP contribution in [-0.4, -0.2) is 103 Å². The lowest BCUT2D eigenvalue weighted by Crippen LogP contribution is -2.33. The van der Waals surface area contributed by atoms with E-state index in [0.29, 0.717) is 94.6 Å². The summed E-state index contributed by atoms with van der Waals surface area (Å²) in [6, 6.07) is 0. The van der Waals surface area contributed by atoms with Crippen molar-refractivity contribution in [3.8, 4) is 0 Å². The molecule has 0 amide bonds. The molecule has 4 unspecified atom stereocenters. The third kappa shape index (κ3) is 27.6. The Morgan fingerprint density at radius 3 is 1.33 bits per heavy atom. The second kappa shape index (κ2) is 34.7. The Kier molecular flexibility index (Phi) is 32.4. The number of carbonyl (C=O) groups is 13. The monoisotopic (exact) mass is 1110 g/mol. The second-order valence-electron chi connectivity index (χ2n) is 24.6. The molecule has 0 aromatic rings. The van der Waals surface area contributed by atoms with Gasteiger partial charge in [-0.05, 0) is 136 Å². The molecule has 4 atom stereocenters. The van der Waals surface area contributed by atoms with Gasteiger partial charge in [-0.3, -0.25) is 52.7 Å². The molecule has 79 heavy (non-hydrogen) atoms. The van der Waals surface area contributed by atoms with Crippen molar-refractivity contribution in [2.75, 3.05) is 26.9 Å². The van der Waals surface area contributed by atoms with Gasteiger partial charge in [0.2, 0.25) is 0 Å². The number of ether oxygens (including phenoxy) is 4. The zero-order valence-electron chi connectivity index (χ0n) is 51.0. The van der Waals surface area contributed by atoms with E-state index in [-0.39, 0.29) is 80.6 Å². The highest BCUT2D eigenvalue weighted by Crippen LogP contribution is 2.40. The fourth-order valence-electron chi connectivity index (χ4n) is 9.67. The van der Waals surface area contributed by atoms with Crippen molar-refractivity contribution in [3.05, 3.63) is 11.6 Å². The van der Waals surface area contributed by atoms with Crippen molar-refractivity contribution >= 4 is 75.9 Å². The number of Topliss-reactive ketones (excluding diaryl/α,β-unsaturated/α-hetero) is 8. The summed E-state index contributed by atoms with van der Waals surface area (Å²) in [6.45, 7) is 29.1. The molecular weight excluding hydrogens is 1020 g/mol. The van der Waals surface area contributed by atoms with Gasteiger partial charge < -0.3 is 28.5 Å². The van der Waals surface area contributed by atoms with Gasteiger partial charge in [-0.1, -0.05) is 61.0 Å². The maximum Gasteiger partial charge on any atom is 0.319 e. The first kappa shape index (κ1) is 73.7. The lowest BCUT2D eigenvalue weighted by atomic mass is 9.88. The number of allylic oxidation sites excluding steroid dienone is 2. The van der Waals surface area contributed by atoms with Crippen LogP contribution in [-0.2, 0) is 81.3 Å². The minimum absolute atomic E-state index is 0.0139. The van der Waals surface area contributed by atoms with Crippen LogP contribution >= 0.6 is 0 Å². The molecule has 0 heterocycles. The predicted octanol–water partition coefficient (Wildman–Crippen LogP) is 10.7. The number of hydrogen-bond acceptors (Lipinski definition) is 17. The van der Waals surface area contributed by atoms with Gasteiger partial charge >= 0.3 is 23.9 Å². The molecule has 6 fully saturated rings. The Balaban J connectivity index is 0.000000888. The molecule has 6 saturated carbocycles. The number of hydrogen-bond donors (Lipinski definition) is 0. The molecule has 0 aromatic heterocycles. The largest absolute Gasteiger partial charge is 0.468 e. The molecule has 7 rings (SSSR count). The van der Waals surface area contributed by atoms with Gasteiger partial charge in [-0.25, -0.2) is 0 Å². The van der Waals surface area contributed by atoms with Gasteiger partial charge in [0, 0.05) is 68.6 Å². The number of rotatable bonds is 10. The molecule has 7 aliphatic rings. The number of esters is 4. The standard InChI is InChI=1S/C10H16O3.2C9H14O3.C8H12O3.2C7H12O.C6H10O2.C6H8O/c1-4-13-9(12)7-5-10(2,3)6-8(7)11;1-9(2)5-4-6(7(9)10)8(11)12-3;1-3-12-8(11)9(2)6-4-5-7(9)10;1-2-11-8(10)6-4-3-5-7(6)9;1-7(2)4-3-6(8)5-7;1-7(2)5-3-4-6(7)8;1-5(7)3-4-6(2)8;1-5-2-3-6(7)4-5/h7H,4-6H2,1-3H3;6H,4-5H2,1-3H3;3-6H2,1-2H3;6H,2-5H2,1H3;2*3-5H2,1-2H3;3-4H2,1-2H3;4H,2-3H2,1H3. The van der Waals surface area contributed by atoms with Crippen LogP contribution in [0.4, 0.5) is 0 Å². The van der Waals surface area contributed by atoms with E-state index in [2.05, 4.69) is 18.6 Å². The summed E-state index contributed by atoms with van der Waals surface area (Å²) < 4.78 is 18.9. The van der Waals surface area contributed by atoms with E-state index in [1.807, 2.05) is 48.5 Å². The third-order valence-electron chi connectivity index (χ3n) is 14.9. The SMILES string of the molecule is CC(=O)CCC(C)=O.CC1(C)CCC(=O)C1.CC1(C)CCCC1=O.CC1=CC(=O)CC1.CCOC(=O)C1(C)CCCC1=O.CCOC(=O)C1CC(C)(C)CC1=O.CCOC(=O)C1CCCC1=O.COC(=O)C1CCC(C)(C)C1=O. The summed E-state index contributed by atoms with van der Waals surface area (Å²) >= 11 is 0. The molecule has 0 aliphatic heterocycles. The van der Waals surface area contributed by atoms with E-state index < -0.39 is 23.2 Å². The van der Waals surface area contributed by atoms with Gasteiger partial charge in [-0.2, -0.15) is 0 Å². The topological polar surface area (TPSA) is 259 Å². The van der Waals surface area contributed by atoms with Gasteiger partial charge in [0.1, 0.15) is 63.7 Å². The zero-order valence-corrected chi connectivity index (χ0v) is 51.0. The molecule has 0 saturated heterocycles. The van der Waals surface area contributed by atoms with Crippen LogP contribution in [0.1, 0.15) is 232 Å². The fourth-order valence-corrected chi connectivity index (χ4v) is 9.67. The maximum absolute atomic E-state index is 11.5. The number of carbonyl (C=O) groups excluding carboxylic acids is 13. The lowest BCUT2D eigenvalue weighted by molar-refractivity contribution is -0.158. The Labute approximate surface area is 471 Å². The molecule has 0 spiro atoms. The summed E-state index contributed by atoms with van der Waals surface area (Å²) in [5, 5.41) is 0. The van der Waals surface area contributed by atoms with Crippen LogP contribution in [0.5, 0.6) is 0 Å². The first-order valence-corrected chi connectivity index (χ1v) is 28.4. The van der Waals surface area contributed by atoms with Gasteiger partial charge in [0.25, 0.3) is 0 Å². The average Bonchev–Trinajstić information content (AvgIpc) is 4.24. The second-order valence-corrected chi connectivity index (χ2v) is 24.6. The normalized spacial score (nSPS) is 24.2. The Morgan fingerprint density at radius 1 is 0.519 bits per heavy atom. The molecule has 0 bridgehead atoms. The van der Waals surface area contributed by atoms with E-state index in [9.17, 15) is 62.3 Å². The third-order valence-corrected chi connectivity index (χ3v) is 14.9. The van der Waals surface area contributed by atoms with Gasteiger partial charge in [0.15, 0.2) is 11.6 Å². The van der Waals surface area contributed by atoms with Crippen LogP contribution in [0.2, 0.25) is 0 Å². The molecule has 0 radical (unpaired) electrons. The van der Waals surface area contributed by atoms with Crippen molar-refractivity contribution in [1.29, 1.82) is 0 Å². The van der Waals surface area contributed by atoms with Crippen LogP contribution in [0.3, 0.4) is 0 Å². The minimum Gasteiger partial charge on any atom is -0.468 e.